The van der Waals surface area contributed by atoms with Crippen LogP contribution in [0.3, 0.4) is 0 Å². The van der Waals surface area contributed by atoms with Gasteiger partial charge in [0, 0.05) is 7.05 Å². The van der Waals surface area contributed by atoms with E-state index >= 15 is 0 Å². The fraction of sp³-hybridized carbons (Fsp3) is 0.412. The summed E-state index contributed by atoms with van der Waals surface area (Å²) in [5.74, 6) is 6.80. The van der Waals surface area contributed by atoms with Gasteiger partial charge < -0.3 is 15.0 Å². The second-order valence-electron chi connectivity index (χ2n) is 5.99. The van der Waals surface area contributed by atoms with E-state index in [1.807, 2.05) is 12.1 Å². The number of benzene rings is 1. The number of hydrogen-bond donors (Lipinski definition) is 1. The van der Waals surface area contributed by atoms with Gasteiger partial charge in [0.15, 0.2) is 5.13 Å². The highest BCUT2D eigenvalue weighted by atomic mass is 32.1. The van der Waals surface area contributed by atoms with Gasteiger partial charge in [-0.1, -0.05) is 17.3 Å². The number of amides is 2. The third-order valence-corrected chi connectivity index (χ3v) is 5.49. The van der Waals surface area contributed by atoms with Gasteiger partial charge in [0.2, 0.25) is 0 Å². The number of carbonyl (C=O) groups excluding carboxylic acids is 1. The van der Waals surface area contributed by atoms with Gasteiger partial charge in [-0.25, -0.2) is 9.78 Å². The molecule has 2 unspecified atom stereocenters. The van der Waals surface area contributed by atoms with Gasteiger partial charge >= 0.3 is 6.03 Å². The van der Waals surface area contributed by atoms with Crippen molar-refractivity contribution in [3.8, 4) is 17.6 Å². The summed E-state index contributed by atoms with van der Waals surface area (Å²) >= 11 is 1.51. The van der Waals surface area contributed by atoms with Crippen molar-refractivity contribution < 1.29 is 9.53 Å². The Kier molecular flexibility index (Phi) is 3.50. The minimum absolute atomic E-state index is 0.145. The Bertz CT molecular complexity index is 882. The van der Waals surface area contributed by atoms with Crippen LogP contribution in [0, 0.1) is 11.8 Å². The summed E-state index contributed by atoms with van der Waals surface area (Å²) in [6.07, 6.45) is 0. The number of ether oxygens (including phenoxy) is 1. The van der Waals surface area contributed by atoms with Gasteiger partial charge in [0.25, 0.3) is 0 Å². The normalized spacial score (nSPS) is 22.7. The highest BCUT2D eigenvalue weighted by Crippen LogP contribution is 2.43. The van der Waals surface area contributed by atoms with Crippen molar-refractivity contribution in [2.45, 2.75) is 25.9 Å². The summed E-state index contributed by atoms with van der Waals surface area (Å²) in [5, 5.41) is 3.52. The van der Waals surface area contributed by atoms with Crippen molar-refractivity contribution in [3.05, 3.63) is 12.1 Å². The molecule has 1 N–H and O–H groups in total. The van der Waals surface area contributed by atoms with Crippen molar-refractivity contribution in [2.24, 2.45) is 0 Å². The molecular weight excluding hydrogens is 324 g/mol. The van der Waals surface area contributed by atoms with E-state index in [0.29, 0.717) is 18.3 Å². The number of aromatic nitrogens is 1. The van der Waals surface area contributed by atoms with Gasteiger partial charge in [-0.05, 0) is 26.0 Å². The first-order valence-corrected chi connectivity index (χ1v) is 8.70. The van der Waals surface area contributed by atoms with Crippen LogP contribution in [0.5, 0.6) is 5.75 Å². The number of rotatable bonds is 1. The lowest BCUT2D eigenvalue weighted by atomic mass is 10.1. The van der Waals surface area contributed by atoms with Gasteiger partial charge in [0.05, 0.1) is 17.3 Å². The van der Waals surface area contributed by atoms with Gasteiger partial charge in [-0.15, -0.1) is 5.92 Å². The first-order chi connectivity index (χ1) is 11.6. The third-order valence-electron chi connectivity index (χ3n) is 4.47. The van der Waals surface area contributed by atoms with E-state index in [0.717, 1.165) is 21.7 Å². The molecule has 2 atom stereocenters. The lowest BCUT2D eigenvalue weighted by molar-refractivity contribution is 0.252. The molecule has 124 valence electrons. The number of nitrogens with zero attached hydrogens (tertiary/aromatic N) is 3. The minimum atomic E-state index is -0.174. The zero-order valence-electron chi connectivity index (χ0n) is 13.8. The molecule has 0 saturated carbocycles. The molecule has 0 bridgehead atoms. The van der Waals surface area contributed by atoms with Crippen molar-refractivity contribution in [3.63, 3.8) is 0 Å². The maximum Gasteiger partial charge on any atom is 0.324 e. The molecule has 2 aliphatic rings. The molecule has 0 aliphatic carbocycles. The maximum absolute atomic E-state index is 12.2. The number of likely N-dealkylation sites (N-methyl/N-ethyl adjacent to an activating group) is 1. The Labute approximate surface area is 144 Å². The van der Waals surface area contributed by atoms with Crippen LogP contribution in [0.15, 0.2) is 12.1 Å². The zero-order valence-corrected chi connectivity index (χ0v) is 14.6. The van der Waals surface area contributed by atoms with E-state index in [2.05, 4.69) is 36.0 Å². The predicted molar refractivity (Wildman–Crippen MR) is 96.1 cm³/mol. The topological polar surface area (TPSA) is 57.7 Å². The number of thiazole rings is 1. The molecule has 4 rings (SSSR count). The maximum atomic E-state index is 12.2. The average Bonchev–Trinajstić information content (AvgIpc) is 3.14. The molecule has 0 radical (unpaired) electrons. The summed E-state index contributed by atoms with van der Waals surface area (Å²) in [5.41, 5.74) is 1.87. The molecule has 0 spiro atoms. The molecule has 3 heterocycles. The highest BCUT2D eigenvalue weighted by molar-refractivity contribution is 7.22. The Hall–Kier alpha value is -2.46. The molecule has 2 amide bonds. The van der Waals surface area contributed by atoms with Gasteiger partial charge in [-0.2, -0.15) is 0 Å². The SMILES string of the molecule is CC#CC1CNC(=O)N1c1nc2c3c(ccc2s1)OCC(C)N3C. The van der Waals surface area contributed by atoms with Crippen LogP contribution in [0.2, 0.25) is 0 Å². The van der Waals surface area contributed by atoms with Crippen LogP contribution in [0.1, 0.15) is 13.8 Å². The molecule has 1 saturated heterocycles. The second kappa shape index (κ2) is 5.56. The summed E-state index contributed by atoms with van der Waals surface area (Å²) in [6, 6.07) is 3.95. The molecule has 2 aromatic rings. The number of anilines is 2. The number of nitrogens with one attached hydrogen (secondary N) is 1. The molecule has 7 heteroatoms. The number of hydrogen-bond acceptors (Lipinski definition) is 5. The van der Waals surface area contributed by atoms with Crippen LogP contribution >= 0.6 is 11.3 Å². The Balaban J connectivity index is 1.84. The van der Waals surface area contributed by atoms with Crippen molar-refractivity contribution in [1.82, 2.24) is 10.3 Å². The standard InChI is InChI=1S/C17H18N4O2S/c1-4-5-11-8-18-16(22)21(11)17-19-14-13(24-17)7-6-12-15(14)20(3)10(2)9-23-12/h6-7,10-11H,8-9H2,1-3H3,(H,18,22). The average molecular weight is 342 g/mol. The predicted octanol–water partition coefficient (Wildman–Crippen LogP) is 2.43. The summed E-state index contributed by atoms with van der Waals surface area (Å²) in [4.78, 5) is 20.8. The van der Waals surface area contributed by atoms with Crippen LogP contribution in [0.4, 0.5) is 15.6 Å². The number of urea groups is 1. The van der Waals surface area contributed by atoms with E-state index < -0.39 is 0 Å². The Morgan fingerprint density at radius 3 is 3.08 bits per heavy atom. The van der Waals surface area contributed by atoms with Crippen LogP contribution in [0.25, 0.3) is 10.2 Å². The quantitative estimate of drug-likeness (QED) is 0.809. The largest absolute Gasteiger partial charge is 0.489 e. The van der Waals surface area contributed by atoms with E-state index in [1.54, 1.807) is 11.8 Å². The summed E-state index contributed by atoms with van der Waals surface area (Å²) in [7, 11) is 2.05. The summed E-state index contributed by atoms with van der Waals surface area (Å²) < 4.78 is 6.88. The fourth-order valence-electron chi connectivity index (χ4n) is 3.06. The zero-order chi connectivity index (χ0) is 16.8. The first-order valence-electron chi connectivity index (χ1n) is 7.88. The minimum Gasteiger partial charge on any atom is -0.489 e. The molecule has 24 heavy (non-hydrogen) atoms. The lowest BCUT2D eigenvalue weighted by Crippen LogP contribution is -2.38. The number of fused-ring (bicyclic) bond motifs is 3. The van der Waals surface area contributed by atoms with E-state index in [1.165, 1.54) is 11.3 Å². The van der Waals surface area contributed by atoms with Crippen molar-refractivity contribution in [2.75, 3.05) is 30.0 Å². The van der Waals surface area contributed by atoms with E-state index in [-0.39, 0.29) is 18.1 Å². The third kappa shape index (κ3) is 2.18. The lowest BCUT2D eigenvalue weighted by Gasteiger charge is -2.33. The van der Waals surface area contributed by atoms with Gasteiger partial charge in [-0.3, -0.25) is 4.90 Å². The van der Waals surface area contributed by atoms with Crippen molar-refractivity contribution in [1.29, 1.82) is 0 Å². The van der Waals surface area contributed by atoms with Crippen LogP contribution in [-0.2, 0) is 0 Å². The second-order valence-corrected chi connectivity index (χ2v) is 7.00. The van der Waals surface area contributed by atoms with E-state index in [9.17, 15) is 4.79 Å². The first kappa shape index (κ1) is 15.1. The highest BCUT2D eigenvalue weighted by Gasteiger charge is 2.34. The fourth-order valence-corrected chi connectivity index (χ4v) is 4.07. The van der Waals surface area contributed by atoms with E-state index in [4.69, 9.17) is 9.72 Å². The Morgan fingerprint density at radius 1 is 1.46 bits per heavy atom. The van der Waals surface area contributed by atoms with Crippen molar-refractivity contribution >= 4 is 38.4 Å². The summed E-state index contributed by atoms with van der Waals surface area (Å²) in [6.45, 7) is 5.08. The number of carbonyl (C=O) groups is 1. The molecular formula is C17H18N4O2S. The van der Waals surface area contributed by atoms with Crippen LogP contribution < -0.4 is 19.9 Å². The molecule has 1 aromatic heterocycles. The molecule has 2 aliphatic heterocycles. The van der Waals surface area contributed by atoms with Crippen LogP contribution in [-0.4, -0.2) is 43.3 Å². The molecule has 6 nitrogen and oxygen atoms in total. The van der Waals surface area contributed by atoms with Gasteiger partial charge in [0.1, 0.15) is 29.6 Å². The molecule has 1 aromatic carbocycles. The molecule has 1 fully saturated rings. The monoisotopic (exact) mass is 342 g/mol. The smallest absolute Gasteiger partial charge is 0.324 e. The Morgan fingerprint density at radius 2 is 2.29 bits per heavy atom.